The van der Waals surface area contributed by atoms with Crippen LogP contribution in [0.1, 0.15) is 30.1 Å². The Bertz CT molecular complexity index is 725. The minimum atomic E-state index is -0.863. The molecule has 0 bridgehead atoms. The minimum Gasteiger partial charge on any atom is -0.622 e. The number of fused-ring (bicyclic) bond motifs is 1. The first-order chi connectivity index (χ1) is 10.9. The van der Waals surface area contributed by atoms with E-state index in [9.17, 15) is 14.8 Å². The summed E-state index contributed by atoms with van der Waals surface area (Å²) in [6.07, 6.45) is 2.65. The molecule has 7 heteroatoms. The van der Waals surface area contributed by atoms with E-state index in [4.69, 9.17) is 9.47 Å². The number of quaternary nitrogens is 1. The third-order valence-corrected chi connectivity index (χ3v) is 4.66. The summed E-state index contributed by atoms with van der Waals surface area (Å²) in [7, 11) is 1.45. The van der Waals surface area contributed by atoms with Gasteiger partial charge in [0.05, 0.1) is 29.8 Å². The maximum Gasteiger partial charge on any atom is 0.347 e. The summed E-state index contributed by atoms with van der Waals surface area (Å²) in [5, 5.41) is 13.5. The fourth-order valence-electron chi connectivity index (χ4n) is 2.83. The monoisotopic (exact) mass is 381 g/mol. The number of ketones is 1. The lowest BCUT2D eigenvalue weighted by atomic mass is 9.96. The molecule has 0 amide bonds. The van der Waals surface area contributed by atoms with Crippen molar-refractivity contribution in [2.75, 3.05) is 13.7 Å². The van der Waals surface area contributed by atoms with E-state index in [1.165, 1.54) is 13.3 Å². The van der Waals surface area contributed by atoms with Crippen LogP contribution in [0.25, 0.3) is 0 Å². The highest BCUT2D eigenvalue weighted by molar-refractivity contribution is 9.10. The number of rotatable bonds is 4. The van der Waals surface area contributed by atoms with Gasteiger partial charge < -0.3 is 14.7 Å². The van der Waals surface area contributed by atoms with Crippen molar-refractivity contribution in [3.63, 3.8) is 0 Å². The van der Waals surface area contributed by atoms with Crippen LogP contribution in [0, 0.1) is 5.21 Å². The van der Waals surface area contributed by atoms with Crippen LogP contribution in [0.4, 0.5) is 5.69 Å². The number of carbonyl (C=O) groups is 2. The maximum absolute atomic E-state index is 13.5. The number of Topliss-reactive ketones (excluding diaryl/α,β-unsaturated/α-hetero) is 1. The van der Waals surface area contributed by atoms with Crippen LogP contribution in [0.3, 0.4) is 0 Å². The molecule has 1 aliphatic heterocycles. The molecule has 0 saturated heterocycles. The zero-order valence-corrected chi connectivity index (χ0v) is 14.4. The molecule has 0 spiro atoms. The number of hydroxylamine groups is 2. The molecule has 0 aromatic heterocycles. The molecule has 1 saturated carbocycles. The largest absolute Gasteiger partial charge is 0.622 e. The van der Waals surface area contributed by atoms with Gasteiger partial charge in [0.15, 0.2) is 17.0 Å². The fourth-order valence-corrected chi connectivity index (χ4v) is 3.31. The summed E-state index contributed by atoms with van der Waals surface area (Å²) in [4.78, 5) is 24.7. The van der Waals surface area contributed by atoms with Crippen molar-refractivity contribution in [1.29, 1.82) is 0 Å². The lowest BCUT2D eigenvalue weighted by molar-refractivity contribution is -0.138. The van der Waals surface area contributed by atoms with Crippen LogP contribution in [0.5, 0.6) is 5.75 Å². The molecule has 1 aromatic carbocycles. The second-order valence-corrected chi connectivity index (χ2v) is 6.36. The predicted octanol–water partition coefficient (Wildman–Crippen LogP) is 3.07. The zero-order valence-electron chi connectivity index (χ0n) is 12.8. The van der Waals surface area contributed by atoms with E-state index < -0.39 is 16.4 Å². The summed E-state index contributed by atoms with van der Waals surface area (Å²) < 4.78 is 10.0. The Kier molecular flexibility index (Phi) is 4.03. The standard InChI is InChI=1S/C16H16BrNO5/c1-3-23-16(20)11-8-18(21,9-4-5-9)13-10(14(11)19)6-7-12(17)15(13)22-2/h6-9H,3-5H2,1-2H3. The quantitative estimate of drug-likeness (QED) is 0.346. The normalized spacial score (nSPS) is 23.1. The van der Waals surface area contributed by atoms with E-state index in [1.807, 2.05) is 0 Å². The maximum atomic E-state index is 13.5. The SMILES string of the molecule is CCOC(=O)C1=C[N+]([O-])(C2CC2)c2c(ccc(Br)c2OC)C1=O. The Balaban J connectivity index is 2.23. The smallest absolute Gasteiger partial charge is 0.347 e. The van der Waals surface area contributed by atoms with Gasteiger partial charge in [-0.1, -0.05) is 0 Å². The molecule has 1 fully saturated rings. The van der Waals surface area contributed by atoms with Gasteiger partial charge in [0.2, 0.25) is 5.78 Å². The molecule has 6 nitrogen and oxygen atoms in total. The lowest BCUT2D eigenvalue weighted by Crippen LogP contribution is -2.45. The van der Waals surface area contributed by atoms with Gasteiger partial charge in [-0.3, -0.25) is 9.44 Å². The van der Waals surface area contributed by atoms with E-state index in [-0.39, 0.29) is 29.5 Å². The van der Waals surface area contributed by atoms with Crippen molar-refractivity contribution in [3.05, 3.63) is 39.1 Å². The van der Waals surface area contributed by atoms with Gasteiger partial charge in [0.25, 0.3) is 0 Å². The summed E-state index contributed by atoms with van der Waals surface area (Å²) in [6, 6.07) is 2.97. The number of esters is 1. The van der Waals surface area contributed by atoms with E-state index in [0.717, 1.165) is 12.8 Å². The number of halogens is 1. The van der Waals surface area contributed by atoms with E-state index in [0.29, 0.717) is 10.2 Å². The van der Waals surface area contributed by atoms with Crippen molar-refractivity contribution in [2.45, 2.75) is 25.8 Å². The molecule has 0 N–H and O–H groups in total. The molecule has 2 aliphatic rings. The minimum absolute atomic E-state index is 0.141. The first-order valence-electron chi connectivity index (χ1n) is 7.35. The number of methoxy groups -OCH3 is 1. The highest BCUT2D eigenvalue weighted by atomic mass is 79.9. The Hall–Kier alpha value is -1.70. The highest BCUT2D eigenvalue weighted by Crippen LogP contribution is 2.50. The summed E-state index contributed by atoms with van der Waals surface area (Å²) >= 11 is 3.35. The van der Waals surface area contributed by atoms with E-state index >= 15 is 0 Å². The Morgan fingerprint density at radius 1 is 1.43 bits per heavy atom. The van der Waals surface area contributed by atoms with Gasteiger partial charge in [-0.15, -0.1) is 0 Å². The van der Waals surface area contributed by atoms with Crippen LogP contribution in [0.2, 0.25) is 0 Å². The first-order valence-corrected chi connectivity index (χ1v) is 8.14. The molecule has 1 unspecified atom stereocenters. The van der Waals surface area contributed by atoms with Gasteiger partial charge in [0.1, 0.15) is 6.20 Å². The van der Waals surface area contributed by atoms with Gasteiger partial charge in [-0.25, -0.2) is 4.79 Å². The molecule has 1 aliphatic carbocycles. The van der Waals surface area contributed by atoms with Crippen molar-refractivity contribution in [1.82, 2.24) is 4.65 Å². The molecule has 1 aromatic rings. The van der Waals surface area contributed by atoms with Crippen molar-refractivity contribution >= 4 is 33.4 Å². The third-order valence-electron chi connectivity index (χ3n) is 4.03. The Morgan fingerprint density at radius 3 is 2.70 bits per heavy atom. The summed E-state index contributed by atoms with van der Waals surface area (Å²) in [5.74, 6) is -0.935. The number of ether oxygens (including phenoxy) is 2. The number of nitrogens with zero attached hydrogens (tertiary/aromatic N) is 1. The molecule has 1 heterocycles. The number of carbonyl (C=O) groups excluding carboxylic acids is 2. The number of hydrogen-bond acceptors (Lipinski definition) is 5. The van der Waals surface area contributed by atoms with Crippen LogP contribution in [-0.4, -0.2) is 31.5 Å². The fraction of sp³-hybridized carbons (Fsp3) is 0.375. The number of hydrogen-bond donors (Lipinski definition) is 0. The van der Waals surface area contributed by atoms with E-state index in [1.54, 1.807) is 19.1 Å². The topological polar surface area (TPSA) is 75.7 Å². The molecule has 0 radical (unpaired) electrons. The second kappa shape index (κ2) is 5.74. The van der Waals surface area contributed by atoms with Gasteiger partial charge in [0, 0.05) is 12.8 Å². The number of benzene rings is 1. The van der Waals surface area contributed by atoms with Crippen LogP contribution in [0.15, 0.2) is 28.4 Å². The lowest BCUT2D eigenvalue weighted by Gasteiger charge is -2.42. The van der Waals surface area contributed by atoms with Crippen molar-refractivity contribution < 1.29 is 19.1 Å². The molecule has 3 rings (SSSR count). The Labute approximate surface area is 142 Å². The van der Waals surface area contributed by atoms with Crippen molar-refractivity contribution in [2.24, 2.45) is 0 Å². The van der Waals surface area contributed by atoms with Crippen molar-refractivity contribution in [3.8, 4) is 5.75 Å². The molecule has 122 valence electrons. The average Bonchev–Trinajstić information content (AvgIpc) is 3.36. The van der Waals surface area contributed by atoms with Crippen LogP contribution < -0.4 is 9.38 Å². The molecular formula is C16H16BrNO5. The molecule has 1 atom stereocenters. The molecular weight excluding hydrogens is 366 g/mol. The highest BCUT2D eigenvalue weighted by Gasteiger charge is 2.48. The van der Waals surface area contributed by atoms with Gasteiger partial charge >= 0.3 is 5.97 Å². The third kappa shape index (κ3) is 2.49. The van der Waals surface area contributed by atoms with Gasteiger partial charge in [-0.2, -0.15) is 0 Å². The first kappa shape index (κ1) is 16.2. The van der Waals surface area contributed by atoms with E-state index in [2.05, 4.69) is 15.9 Å². The zero-order chi connectivity index (χ0) is 16.8. The van der Waals surface area contributed by atoms with Gasteiger partial charge in [-0.05, 0) is 35.0 Å². The predicted molar refractivity (Wildman–Crippen MR) is 87.9 cm³/mol. The summed E-state index contributed by atoms with van der Waals surface area (Å²) in [5.41, 5.74) is 0.241. The molecule has 23 heavy (non-hydrogen) atoms. The van der Waals surface area contributed by atoms with Crippen LogP contribution in [-0.2, 0) is 9.53 Å². The summed E-state index contributed by atoms with van der Waals surface area (Å²) in [6.45, 7) is 1.79. The second-order valence-electron chi connectivity index (χ2n) is 5.51. The average molecular weight is 382 g/mol. The Morgan fingerprint density at radius 2 is 2.13 bits per heavy atom. The van der Waals surface area contributed by atoms with Crippen LogP contribution >= 0.6 is 15.9 Å².